The van der Waals surface area contributed by atoms with E-state index in [1.165, 1.54) is 12.1 Å². The van der Waals surface area contributed by atoms with E-state index in [1.807, 2.05) is 20.2 Å². The van der Waals surface area contributed by atoms with Crippen LogP contribution >= 0.6 is 0 Å². The molecular weight excluding hydrogens is 279 g/mol. The van der Waals surface area contributed by atoms with Gasteiger partial charge in [0.25, 0.3) is 0 Å². The molecule has 2 aromatic rings. The number of benzene rings is 1. The molecule has 0 aliphatic rings. The fourth-order valence-corrected chi connectivity index (χ4v) is 2.32. The van der Waals surface area contributed by atoms with Gasteiger partial charge in [-0.25, -0.2) is 0 Å². The summed E-state index contributed by atoms with van der Waals surface area (Å²) in [5.41, 5.74) is 1.34. The van der Waals surface area contributed by atoms with Gasteiger partial charge in [-0.2, -0.15) is 18.3 Å². The highest BCUT2D eigenvalue weighted by Gasteiger charge is 2.30. The summed E-state index contributed by atoms with van der Waals surface area (Å²) in [7, 11) is 3.69. The number of hydrogen-bond acceptors (Lipinski definition) is 2. The van der Waals surface area contributed by atoms with E-state index < -0.39 is 11.7 Å². The van der Waals surface area contributed by atoms with Crippen molar-refractivity contribution in [1.82, 2.24) is 15.1 Å². The van der Waals surface area contributed by atoms with Crippen LogP contribution in [0.4, 0.5) is 13.2 Å². The summed E-state index contributed by atoms with van der Waals surface area (Å²) in [5, 5.41) is 7.25. The summed E-state index contributed by atoms with van der Waals surface area (Å²) < 4.78 is 39.5. The first kappa shape index (κ1) is 15.6. The van der Waals surface area contributed by atoms with Crippen molar-refractivity contribution >= 4 is 0 Å². The highest BCUT2D eigenvalue weighted by atomic mass is 19.4. The van der Waals surface area contributed by atoms with E-state index in [9.17, 15) is 13.2 Å². The molecule has 1 N–H and O–H groups in total. The predicted molar refractivity (Wildman–Crippen MR) is 74.8 cm³/mol. The Morgan fingerprint density at radius 3 is 2.33 bits per heavy atom. The summed E-state index contributed by atoms with van der Waals surface area (Å²) in [6.07, 6.45) is -0.950. The van der Waals surface area contributed by atoms with Gasteiger partial charge in [0.1, 0.15) is 0 Å². The molecule has 1 aromatic carbocycles. The number of alkyl halides is 3. The Bertz CT molecular complexity index is 573. The van der Waals surface area contributed by atoms with Gasteiger partial charge in [0.15, 0.2) is 0 Å². The normalized spacial score (nSPS) is 13.4. The van der Waals surface area contributed by atoms with E-state index in [-0.39, 0.29) is 6.04 Å². The van der Waals surface area contributed by atoms with E-state index in [2.05, 4.69) is 10.4 Å². The largest absolute Gasteiger partial charge is 0.416 e. The number of rotatable bonds is 5. The van der Waals surface area contributed by atoms with Crippen molar-refractivity contribution in [2.45, 2.75) is 25.1 Å². The molecule has 0 saturated carbocycles. The lowest BCUT2D eigenvalue weighted by Crippen LogP contribution is -2.18. The Hall–Kier alpha value is -1.82. The second-order valence-corrected chi connectivity index (χ2v) is 4.95. The Morgan fingerprint density at radius 1 is 1.19 bits per heavy atom. The second kappa shape index (κ2) is 6.30. The van der Waals surface area contributed by atoms with Crippen molar-refractivity contribution in [1.29, 1.82) is 0 Å². The van der Waals surface area contributed by atoms with Crippen LogP contribution in [0.2, 0.25) is 0 Å². The zero-order chi connectivity index (χ0) is 15.5. The molecule has 0 amide bonds. The third kappa shape index (κ3) is 3.85. The minimum Gasteiger partial charge on any atom is -0.313 e. The number of nitrogens with zero attached hydrogens (tertiary/aromatic N) is 2. The Balaban J connectivity index is 2.05. The van der Waals surface area contributed by atoms with Gasteiger partial charge in [-0.15, -0.1) is 0 Å². The van der Waals surface area contributed by atoms with Gasteiger partial charge < -0.3 is 5.32 Å². The molecule has 0 fully saturated rings. The topological polar surface area (TPSA) is 29.9 Å². The summed E-state index contributed by atoms with van der Waals surface area (Å²) in [6.45, 7) is 0. The van der Waals surface area contributed by atoms with Crippen molar-refractivity contribution in [2.24, 2.45) is 7.05 Å². The number of aryl methyl sites for hydroxylation is 2. The summed E-state index contributed by atoms with van der Waals surface area (Å²) in [5.74, 6) is 0. The third-order valence-corrected chi connectivity index (χ3v) is 3.60. The average molecular weight is 297 g/mol. The van der Waals surface area contributed by atoms with E-state index in [1.54, 1.807) is 10.9 Å². The molecule has 0 aliphatic heterocycles. The fourth-order valence-electron chi connectivity index (χ4n) is 2.32. The summed E-state index contributed by atoms with van der Waals surface area (Å²) in [6, 6.07) is 7.29. The van der Waals surface area contributed by atoms with Gasteiger partial charge in [-0.3, -0.25) is 4.68 Å². The second-order valence-electron chi connectivity index (χ2n) is 4.95. The van der Waals surface area contributed by atoms with Crippen LogP contribution < -0.4 is 5.32 Å². The van der Waals surface area contributed by atoms with Crippen LogP contribution in [0.3, 0.4) is 0 Å². The van der Waals surface area contributed by atoms with Gasteiger partial charge in [-0.05, 0) is 43.7 Å². The van der Waals surface area contributed by atoms with E-state index in [4.69, 9.17) is 0 Å². The molecule has 114 valence electrons. The van der Waals surface area contributed by atoms with Gasteiger partial charge in [0, 0.05) is 25.0 Å². The van der Waals surface area contributed by atoms with Crippen molar-refractivity contribution in [3.63, 3.8) is 0 Å². The quantitative estimate of drug-likeness (QED) is 0.917. The van der Waals surface area contributed by atoms with Crippen LogP contribution in [0.5, 0.6) is 0 Å². The minimum atomic E-state index is -4.29. The average Bonchev–Trinajstić information content (AvgIpc) is 2.85. The van der Waals surface area contributed by atoms with Crippen LogP contribution in [0.15, 0.2) is 36.5 Å². The van der Waals surface area contributed by atoms with Crippen molar-refractivity contribution in [3.8, 4) is 0 Å². The monoisotopic (exact) mass is 297 g/mol. The SMILES string of the molecule is CNC(CCc1ccnn1C)c1ccc(C(F)(F)F)cc1. The summed E-state index contributed by atoms with van der Waals surface area (Å²) in [4.78, 5) is 0. The number of hydrogen-bond donors (Lipinski definition) is 1. The van der Waals surface area contributed by atoms with E-state index >= 15 is 0 Å². The number of nitrogens with one attached hydrogen (secondary N) is 1. The van der Waals surface area contributed by atoms with Gasteiger partial charge >= 0.3 is 6.18 Å². The maximum Gasteiger partial charge on any atom is 0.416 e. The Labute approximate surface area is 121 Å². The van der Waals surface area contributed by atoms with Gasteiger partial charge in [0.05, 0.1) is 5.56 Å². The standard InChI is InChI=1S/C15H18F3N3/c1-19-14(8-7-13-9-10-20-21(13)2)11-3-5-12(6-4-11)15(16,17)18/h3-6,9-10,14,19H,7-8H2,1-2H3. The summed E-state index contributed by atoms with van der Waals surface area (Å²) >= 11 is 0. The molecule has 0 saturated heterocycles. The van der Waals surface area contributed by atoms with Crippen molar-refractivity contribution in [3.05, 3.63) is 53.3 Å². The first-order valence-electron chi connectivity index (χ1n) is 6.73. The zero-order valence-electron chi connectivity index (χ0n) is 12.0. The molecule has 1 aromatic heterocycles. The molecule has 0 bridgehead atoms. The predicted octanol–water partition coefficient (Wildman–Crippen LogP) is 3.33. The van der Waals surface area contributed by atoms with Crippen molar-refractivity contribution < 1.29 is 13.2 Å². The molecule has 6 heteroatoms. The molecule has 1 heterocycles. The molecule has 3 nitrogen and oxygen atoms in total. The maximum atomic E-state index is 12.6. The fraction of sp³-hybridized carbons (Fsp3) is 0.400. The van der Waals surface area contributed by atoms with Gasteiger partial charge in [-0.1, -0.05) is 12.1 Å². The maximum absolute atomic E-state index is 12.6. The molecular formula is C15H18F3N3. The van der Waals surface area contributed by atoms with Crippen LogP contribution in [-0.2, 0) is 19.6 Å². The lowest BCUT2D eigenvalue weighted by molar-refractivity contribution is -0.137. The Morgan fingerprint density at radius 2 is 1.86 bits per heavy atom. The van der Waals surface area contributed by atoms with Gasteiger partial charge in [0.2, 0.25) is 0 Å². The third-order valence-electron chi connectivity index (χ3n) is 3.60. The smallest absolute Gasteiger partial charge is 0.313 e. The molecule has 0 radical (unpaired) electrons. The number of halogens is 3. The van der Waals surface area contributed by atoms with E-state index in [0.717, 1.165) is 36.2 Å². The van der Waals surface area contributed by atoms with Crippen LogP contribution in [-0.4, -0.2) is 16.8 Å². The molecule has 2 rings (SSSR count). The number of aromatic nitrogens is 2. The lowest BCUT2D eigenvalue weighted by Gasteiger charge is -2.17. The molecule has 21 heavy (non-hydrogen) atoms. The zero-order valence-corrected chi connectivity index (χ0v) is 12.0. The Kier molecular flexibility index (Phi) is 4.67. The van der Waals surface area contributed by atoms with Crippen LogP contribution in [0.1, 0.15) is 29.3 Å². The van der Waals surface area contributed by atoms with E-state index in [0.29, 0.717) is 0 Å². The van der Waals surface area contributed by atoms with Crippen LogP contribution in [0.25, 0.3) is 0 Å². The molecule has 0 spiro atoms. The molecule has 1 unspecified atom stereocenters. The highest BCUT2D eigenvalue weighted by molar-refractivity contribution is 5.27. The molecule has 1 atom stereocenters. The highest BCUT2D eigenvalue weighted by Crippen LogP contribution is 2.30. The first-order chi connectivity index (χ1) is 9.91. The molecule has 0 aliphatic carbocycles. The van der Waals surface area contributed by atoms with Crippen LogP contribution in [0, 0.1) is 0 Å². The lowest BCUT2D eigenvalue weighted by atomic mass is 9.99. The first-order valence-corrected chi connectivity index (χ1v) is 6.73. The van der Waals surface area contributed by atoms with Crippen molar-refractivity contribution in [2.75, 3.05) is 7.05 Å². The minimum absolute atomic E-state index is 0.0159.